The number of nitrogens with one attached hydrogen (secondary N) is 1. The first-order valence-electron chi connectivity index (χ1n) is 7.74. The fourth-order valence-corrected chi connectivity index (χ4v) is 4.26. The number of aromatic nitrogens is 3. The Bertz CT molecular complexity index is 935. The number of nitrogen functional groups attached to an aromatic ring is 1. The summed E-state index contributed by atoms with van der Waals surface area (Å²) in [5, 5.41) is 16.6. The average Bonchev–Trinajstić information content (AvgIpc) is 3.25. The van der Waals surface area contributed by atoms with Crippen LogP contribution >= 0.6 is 11.3 Å². The molecule has 1 atom stereocenters. The molecule has 7 heteroatoms. The molecule has 0 aliphatic heterocycles. The molecule has 24 heavy (non-hydrogen) atoms. The lowest BCUT2D eigenvalue weighted by Gasteiger charge is -2.24. The highest BCUT2D eigenvalue weighted by Gasteiger charge is 2.25. The maximum Gasteiger partial charge on any atom is 0.142 e. The number of rotatable bonds is 2. The van der Waals surface area contributed by atoms with Gasteiger partial charge >= 0.3 is 0 Å². The van der Waals surface area contributed by atoms with Gasteiger partial charge in [0.15, 0.2) is 0 Å². The summed E-state index contributed by atoms with van der Waals surface area (Å²) < 4.78 is 0. The molecule has 3 aromatic rings. The van der Waals surface area contributed by atoms with Gasteiger partial charge in [-0.1, -0.05) is 0 Å². The molecule has 6 nitrogen and oxygen atoms in total. The van der Waals surface area contributed by atoms with Crippen LogP contribution in [0.1, 0.15) is 23.2 Å². The molecule has 0 amide bonds. The van der Waals surface area contributed by atoms with E-state index in [2.05, 4.69) is 21.3 Å². The maximum atomic E-state index is 9.61. The third-order valence-corrected chi connectivity index (χ3v) is 5.50. The van der Waals surface area contributed by atoms with Crippen molar-refractivity contribution in [1.82, 2.24) is 15.2 Å². The molecule has 0 aromatic carbocycles. The second-order valence-electron chi connectivity index (χ2n) is 5.92. The Morgan fingerprint density at radius 2 is 2.12 bits per heavy atom. The Labute approximate surface area is 143 Å². The summed E-state index contributed by atoms with van der Waals surface area (Å²) in [6, 6.07) is 8.30. The lowest BCUT2D eigenvalue weighted by atomic mass is 9.87. The topological polar surface area (TPSA) is 117 Å². The molecule has 0 bridgehead atoms. The van der Waals surface area contributed by atoms with Gasteiger partial charge in [0.1, 0.15) is 17.5 Å². The van der Waals surface area contributed by atoms with Gasteiger partial charge in [-0.05, 0) is 43.0 Å². The number of H-pyrrole nitrogens is 1. The van der Waals surface area contributed by atoms with E-state index in [4.69, 9.17) is 11.5 Å². The van der Waals surface area contributed by atoms with Crippen molar-refractivity contribution in [2.45, 2.75) is 25.3 Å². The molecule has 3 heterocycles. The number of aryl methyl sites for hydroxylation is 1. The normalized spacial score (nSPS) is 16.6. The second-order valence-corrected chi connectivity index (χ2v) is 7.00. The van der Waals surface area contributed by atoms with Crippen LogP contribution in [0, 0.1) is 11.3 Å². The minimum absolute atomic E-state index is 0.0975. The van der Waals surface area contributed by atoms with Crippen molar-refractivity contribution in [3.05, 3.63) is 41.2 Å². The molecule has 0 saturated heterocycles. The second kappa shape index (κ2) is 5.74. The number of pyridine rings is 1. The standard InChI is InChI=1S/C17H16N6S/c18-8-11-16(10-7-9(19)1-2-12(10)22-17(11)20)15-4-3-14(24-15)13-5-6-21-23-13/h3-6,9H,1-2,7,19H2,(H2,20,22)(H,21,23). The molecule has 120 valence electrons. The van der Waals surface area contributed by atoms with Crippen molar-refractivity contribution in [2.75, 3.05) is 5.73 Å². The first-order chi connectivity index (χ1) is 11.7. The fraction of sp³-hybridized carbons (Fsp3) is 0.235. The van der Waals surface area contributed by atoms with Crippen molar-refractivity contribution in [3.63, 3.8) is 0 Å². The van der Waals surface area contributed by atoms with Crippen LogP contribution in [0.25, 0.3) is 21.0 Å². The van der Waals surface area contributed by atoms with Crippen LogP contribution in [-0.4, -0.2) is 21.2 Å². The van der Waals surface area contributed by atoms with E-state index in [9.17, 15) is 5.26 Å². The van der Waals surface area contributed by atoms with E-state index in [1.165, 1.54) is 0 Å². The first-order valence-corrected chi connectivity index (χ1v) is 8.56. The Morgan fingerprint density at radius 3 is 2.88 bits per heavy atom. The third kappa shape index (κ3) is 2.37. The molecule has 0 spiro atoms. The van der Waals surface area contributed by atoms with Gasteiger partial charge in [-0.25, -0.2) is 4.98 Å². The highest BCUT2D eigenvalue weighted by Crippen LogP contribution is 2.40. The van der Waals surface area contributed by atoms with Crippen LogP contribution in [-0.2, 0) is 12.8 Å². The molecule has 0 radical (unpaired) electrons. The largest absolute Gasteiger partial charge is 0.383 e. The molecule has 0 saturated carbocycles. The summed E-state index contributed by atoms with van der Waals surface area (Å²) in [4.78, 5) is 6.53. The number of nitrogens with two attached hydrogens (primary N) is 2. The minimum atomic E-state index is 0.0975. The molecule has 3 aromatic heterocycles. The summed E-state index contributed by atoms with van der Waals surface area (Å²) in [7, 11) is 0. The Kier molecular flexibility index (Phi) is 3.56. The van der Waals surface area contributed by atoms with Crippen molar-refractivity contribution in [3.8, 4) is 27.1 Å². The van der Waals surface area contributed by atoms with E-state index in [-0.39, 0.29) is 6.04 Å². The zero-order valence-corrected chi connectivity index (χ0v) is 13.7. The molecular weight excluding hydrogens is 320 g/mol. The molecule has 5 N–H and O–H groups in total. The van der Waals surface area contributed by atoms with Crippen molar-refractivity contribution < 1.29 is 0 Å². The van der Waals surface area contributed by atoms with Crippen molar-refractivity contribution >= 4 is 17.2 Å². The highest BCUT2D eigenvalue weighted by molar-refractivity contribution is 7.18. The summed E-state index contributed by atoms with van der Waals surface area (Å²) in [6.45, 7) is 0. The van der Waals surface area contributed by atoms with Gasteiger partial charge < -0.3 is 11.5 Å². The van der Waals surface area contributed by atoms with Gasteiger partial charge in [0.2, 0.25) is 0 Å². The zero-order chi connectivity index (χ0) is 16.7. The van der Waals surface area contributed by atoms with Gasteiger partial charge in [-0.2, -0.15) is 10.4 Å². The van der Waals surface area contributed by atoms with Crippen LogP contribution in [0.15, 0.2) is 24.4 Å². The molecule has 0 fully saturated rings. The Morgan fingerprint density at radius 1 is 1.29 bits per heavy atom. The van der Waals surface area contributed by atoms with E-state index in [0.29, 0.717) is 11.4 Å². The Balaban J connectivity index is 1.91. The average molecular weight is 336 g/mol. The van der Waals surface area contributed by atoms with Crippen LogP contribution in [0.5, 0.6) is 0 Å². The number of thiophene rings is 1. The molecule has 1 unspecified atom stereocenters. The maximum absolute atomic E-state index is 9.61. The van der Waals surface area contributed by atoms with E-state index in [1.54, 1.807) is 17.5 Å². The predicted molar refractivity (Wildman–Crippen MR) is 94.3 cm³/mol. The monoisotopic (exact) mass is 336 g/mol. The smallest absolute Gasteiger partial charge is 0.142 e. The Hall–Kier alpha value is -2.69. The van der Waals surface area contributed by atoms with Crippen molar-refractivity contribution in [1.29, 1.82) is 5.26 Å². The number of anilines is 1. The molecular formula is C17H16N6S. The molecule has 1 aliphatic rings. The van der Waals surface area contributed by atoms with Crippen LogP contribution < -0.4 is 11.5 Å². The van der Waals surface area contributed by atoms with Crippen LogP contribution in [0.2, 0.25) is 0 Å². The fourth-order valence-electron chi connectivity index (χ4n) is 3.20. The number of aromatic amines is 1. The van der Waals surface area contributed by atoms with Crippen LogP contribution in [0.3, 0.4) is 0 Å². The number of nitriles is 1. The van der Waals surface area contributed by atoms with Gasteiger partial charge in [-0.15, -0.1) is 11.3 Å². The summed E-state index contributed by atoms with van der Waals surface area (Å²) in [5.74, 6) is 0.304. The van der Waals surface area contributed by atoms with Gasteiger partial charge in [0.05, 0.1) is 10.6 Å². The molecule has 1 aliphatic carbocycles. The molecule has 4 rings (SSSR count). The summed E-state index contributed by atoms with van der Waals surface area (Å²) >= 11 is 1.61. The third-order valence-electron chi connectivity index (χ3n) is 4.36. The van der Waals surface area contributed by atoms with Gasteiger partial charge in [0.25, 0.3) is 0 Å². The van der Waals surface area contributed by atoms with Gasteiger partial charge in [0, 0.05) is 28.4 Å². The van der Waals surface area contributed by atoms with E-state index >= 15 is 0 Å². The SMILES string of the molecule is N#Cc1c(N)nc2c(c1-c1ccc(-c3ccn[nH]3)s1)CC(N)CC2. The quantitative estimate of drug-likeness (QED) is 0.664. The number of hydrogen-bond acceptors (Lipinski definition) is 6. The summed E-state index contributed by atoms with van der Waals surface area (Å²) in [6.07, 6.45) is 4.15. The van der Waals surface area contributed by atoms with E-state index in [0.717, 1.165) is 51.5 Å². The minimum Gasteiger partial charge on any atom is -0.383 e. The number of fused-ring (bicyclic) bond motifs is 1. The number of nitrogens with zero attached hydrogens (tertiary/aromatic N) is 3. The van der Waals surface area contributed by atoms with Gasteiger partial charge in [-0.3, -0.25) is 5.10 Å². The number of hydrogen-bond donors (Lipinski definition) is 3. The zero-order valence-electron chi connectivity index (χ0n) is 12.9. The summed E-state index contributed by atoms with van der Waals surface area (Å²) in [5.41, 5.74) is 16.5. The van der Waals surface area contributed by atoms with E-state index in [1.807, 2.05) is 18.2 Å². The first kappa shape index (κ1) is 14.9. The van der Waals surface area contributed by atoms with Crippen LogP contribution in [0.4, 0.5) is 5.82 Å². The lowest BCUT2D eigenvalue weighted by Crippen LogP contribution is -2.29. The van der Waals surface area contributed by atoms with E-state index < -0.39 is 0 Å². The predicted octanol–water partition coefficient (Wildman–Crippen LogP) is 2.47. The van der Waals surface area contributed by atoms with Crippen molar-refractivity contribution in [2.24, 2.45) is 5.73 Å². The highest BCUT2D eigenvalue weighted by atomic mass is 32.1. The lowest BCUT2D eigenvalue weighted by molar-refractivity contribution is 0.568.